The zero-order chi connectivity index (χ0) is 21.1. The highest BCUT2D eigenvalue weighted by atomic mass is 127. The van der Waals surface area contributed by atoms with Gasteiger partial charge in [0.05, 0.1) is 5.57 Å². The highest BCUT2D eigenvalue weighted by molar-refractivity contribution is 14.1. The van der Waals surface area contributed by atoms with E-state index in [1.54, 1.807) is 32.9 Å². The van der Waals surface area contributed by atoms with Crippen molar-refractivity contribution in [3.8, 4) is 0 Å². The fourth-order valence-corrected chi connectivity index (χ4v) is 3.36. The van der Waals surface area contributed by atoms with E-state index in [0.29, 0.717) is 36.1 Å². The number of benzene rings is 1. The first kappa shape index (κ1) is 22.1. The molecule has 0 heterocycles. The lowest BCUT2D eigenvalue weighted by atomic mass is 9.88. The van der Waals surface area contributed by atoms with Crippen molar-refractivity contribution in [2.24, 2.45) is 0 Å². The Morgan fingerprint density at radius 1 is 1.29 bits per heavy atom. The first-order valence-corrected chi connectivity index (χ1v) is 10.1. The van der Waals surface area contributed by atoms with Crippen molar-refractivity contribution in [3.63, 3.8) is 0 Å². The van der Waals surface area contributed by atoms with Gasteiger partial charge in [0.2, 0.25) is 0 Å². The summed E-state index contributed by atoms with van der Waals surface area (Å²) in [5.74, 6) is -0.596. The van der Waals surface area contributed by atoms with Gasteiger partial charge < -0.3 is 4.74 Å². The summed E-state index contributed by atoms with van der Waals surface area (Å²) >= 11 is 2.16. The summed E-state index contributed by atoms with van der Waals surface area (Å²) in [6, 6.07) is 5.36. The summed E-state index contributed by atoms with van der Waals surface area (Å²) in [7, 11) is 1.50. The Kier molecular flexibility index (Phi) is 7.03. The van der Waals surface area contributed by atoms with E-state index in [1.165, 1.54) is 7.05 Å². The molecule has 1 aromatic rings. The molecule has 1 N–H and O–H groups in total. The fraction of sp³-hybridized carbons (Fsp3) is 0.381. The molecule has 28 heavy (non-hydrogen) atoms. The maximum atomic E-state index is 13.2. The Labute approximate surface area is 179 Å². The molecule has 0 radical (unpaired) electrons. The number of hydrazine groups is 1. The fourth-order valence-electron chi connectivity index (χ4n) is 2.84. The average Bonchev–Trinajstić information content (AvgIpc) is 2.59. The lowest BCUT2D eigenvalue weighted by Gasteiger charge is -2.28. The van der Waals surface area contributed by atoms with Crippen LogP contribution in [0, 0.1) is 3.57 Å². The summed E-state index contributed by atoms with van der Waals surface area (Å²) in [5.41, 5.74) is 3.85. The number of Topliss-reactive ketones (excluding diaryl/α,β-unsaturated/α-hetero) is 2. The van der Waals surface area contributed by atoms with Crippen LogP contribution in [-0.2, 0) is 9.53 Å². The minimum Gasteiger partial charge on any atom is -0.442 e. The van der Waals surface area contributed by atoms with E-state index in [1.807, 2.05) is 12.1 Å². The lowest BCUT2D eigenvalue weighted by Crippen LogP contribution is -2.44. The van der Waals surface area contributed by atoms with Crippen LogP contribution in [0.5, 0.6) is 0 Å². The Balaban J connectivity index is 2.38. The third-order valence-electron chi connectivity index (χ3n) is 4.09. The van der Waals surface area contributed by atoms with E-state index in [2.05, 4.69) is 34.6 Å². The summed E-state index contributed by atoms with van der Waals surface area (Å²) < 4.78 is 6.28. The lowest BCUT2D eigenvalue weighted by molar-refractivity contribution is -0.115. The minimum atomic E-state index is -0.650. The molecule has 0 aliphatic heterocycles. The van der Waals surface area contributed by atoms with Gasteiger partial charge in [-0.05, 0) is 80.0 Å². The number of nitrogens with zero attached hydrogens (tertiary/aromatic N) is 1. The molecular weight excluding hydrogens is 471 g/mol. The molecule has 2 rings (SSSR count). The van der Waals surface area contributed by atoms with E-state index < -0.39 is 11.7 Å². The number of nitrogens with one attached hydrogen (secondary N) is 1. The number of hydrogen-bond donors (Lipinski definition) is 1. The van der Waals surface area contributed by atoms with Crippen molar-refractivity contribution in [1.29, 1.82) is 0 Å². The Morgan fingerprint density at radius 3 is 2.57 bits per heavy atom. The molecule has 1 amide bonds. The van der Waals surface area contributed by atoms with Crippen molar-refractivity contribution in [1.82, 2.24) is 10.4 Å². The molecule has 150 valence electrons. The third-order valence-corrected chi connectivity index (χ3v) is 4.76. The van der Waals surface area contributed by atoms with Gasteiger partial charge in [-0.2, -0.15) is 0 Å². The number of carbonyl (C=O) groups is 3. The summed E-state index contributed by atoms with van der Waals surface area (Å²) in [6.45, 7) is 9.07. The van der Waals surface area contributed by atoms with Gasteiger partial charge in [0, 0.05) is 28.3 Å². The predicted molar refractivity (Wildman–Crippen MR) is 117 cm³/mol. The standard InChI is InChI=1S/C21H25IN2O4/c1-6-13-12-14(22)10-11-15(13)19(26)18-16(8-7-9-17(18)25)23-24(5)20(27)28-21(2,3)4/h6,10-12,23H,1,7-9H2,2-5H3. The molecule has 0 saturated heterocycles. The molecule has 0 fully saturated rings. The Bertz CT molecular complexity index is 852. The number of amides is 1. The summed E-state index contributed by atoms with van der Waals surface area (Å²) in [5, 5.41) is 1.16. The maximum absolute atomic E-state index is 13.2. The highest BCUT2D eigenvalue weighted by Crippen LogP contribution is 2.26. The van der Waals surface area contributed by atoms with Crippen LogP contribution in [0.3, 0.4) is 0 Å². The van der Waals surface area contributed by atoms with Crippen LogP contribution in [-0.4, -0.2) is 35.3 Å². The molecule has 0 spiro atoms. The second kappa shape index (κ2) is 8.89. The van der Waals surface area contributed by atoms with Crippen LogP contribution < -0.4 is 5.43 Å². The SMILES string of the molecule is C=Cc1cc(I)ccc1C(=O)C1=C(NN(C)C(=O)OC(C)(C)C)CCCC1=O. The van der Waals surface area contributed by atoms with Gasteiger partial charge in [-0.25, -0.2) is 9.80 Å². The first-order chi connectivity index (χ1) is 13.0. The number of rotatable bonds is 5. The van der Waals surface area contributed by atoms with E-state index >= 15 is 0 Å². The van der Waals surface area contributed by atoms with Crippen molar-refractivity contribution in [2.45, 2.75) is 45.6 Å². The molecule has 6 nitrogen and oxygen atoms in total. The molecule has 1 aromatic carbocycles. The smallest absolute Gasteiger partial charge is 0.428 e. The monoisotopic (exact) mass is 496 g/mol. The average molecular weight is 496 g/mol. The number of halogens is 1. The van der Waals surface area contributed by atoms with Crippen LogP contribution in [0.2, 0.25) is 0 Å². The van der Waals surface area contributed by atoms with Crippen molar-refractivity contribution in [3.05, 3.63) is 50.7 Å². The molecule has 0 bridgehead atoms. The quantitative estimate of drug-likeness (QED) is 0.281. The molecule has 0 atom stereocenters. The number of allylic oxidation sites excluding steroid dienone is 2. The van der Waals surface area contributed by atoms with Crippen molar-refractivity contribution >= 4 is 46.3 Å². The zero-order valence-corrected chi connectivity index (χ0v) is 18.8. The molecule has 1 aliphatic rings. The van der Waals surface area contributed by atoms with E-state index in [-0.39, 0.29) is 17.1 Å². The molecule has 0 saturated carbocycles. The van der Waals surface area contributed by atoms with Crippen molar-refractivity contribution < 1.29 is 19.1 Å². The van der Waals surface area contributed by atoms with Crippen molar-refractivity contribution in [2.75, 3.05) is 7.05 Å². The van der Waals surface area contributed by atoms with Gasteiger partial charge in [-0.15, -0.1) is 0 Å². The molecule has 1 aliphatic carbocycles. The van der Waals surface area contributed by atoms with E-state index in [9.17, 15) is 14.4 Å². The number of hydrogen-bond acceptors (Lipinski definition) is 5. The van der Waals surface area contributed by atoms with Crippen LogP contribution in [0.15, 0.2) is 36.0 Å². The van der Waals surface area contributed by atoms with E-state index in [0.717, 1.165) is 8.58 Å². The first-order valence-electron chi connectivity index (χ1n) is 9.00. The van der Waals surface area contributed by atoms with Crippen LogP contribution in [0.4, 0.5) is 4.79 Å². The topological polar surface area (TPSA) is 75.7 Å². The second-order valence-electron chi connectivity index (χ2n) is 7.55. The Hall–Kier alpha value is -2.16. The summed E-state index contributed by atoms with van der Waals surface area (Å²) in [6.07, 6.45) is 2.42. The van der Waals surface area contributed by atoms with Gasteiger partial charge in [0.1, 0.15) is 5.60 Å². The Morgan fingerprint density at radius 2 is 1.96 bits per heavy atom. The normalized spacial score (nSPS) is 14.5. The minimum absolute atomic E-state index is 0.0889. The second-order valence-corrected chi connectivity index (χ2v) is 8.79. The molecular formula is C21H25IN2O4. The maximum Gasteiger partial charge on any atom is 0.428 e. The van der Waals surface area contributed by atoms with Crippen LogP contribution >= 0.6 is 22.6 Å². The third kappa shape index (κ3) is 5.43. The van der Waals surface area contributed by atoms with Gasteiger partial charge in [0.15, 0.2) is 11.6 Å². The molecule has 0 aromatic heterocycles. The van der Waals surface area contributed by atoms with Crippen LogP contribution in [0.25, 0.3) is 6.08 Å². The molecule has 7 heteroatoms. The molecule has 0 unspecified atom stereocenters. The van der Waals surface area contributed by atoms with Gasteiger partial charge in [-0.3, -0.25) is 15.0 Å². The largest absolute Gasteiger partial charge is 0.442 e. The highest BCUT2D eigenvalue weighted by Gasteiger charge is 2.30. The number of ether oxygens (including phenoxy) is 1. The predicted octanol–water partition coefficient (Wildman–Crippen LogP) is 4.50. The van der Waals surface area contributed by atoms with Gasteiger partial charge >= 0.3 is 6.09 Å². The summed E-state index contributed by atoms with van der Waals surface area (Å²) in [4.78, 5) is 38.0. The zero-order valence-electron chi connectivity index (χ0n) is 16.6. The van der Waals surface area contributed by atoms with Gasteiger partial charge in [-0.1, -0.05) is 12.7 Å². The number of ketones is 2. The van der Waals surface area contributed by atoms with E-state index in [4.69, 9.17) is 4.74 Å². The van der Waals surface area contributed by atoms with Crippen LogP contribution in [0.1, 0.15) is 56.0 Å². The van der Waals surface area contributed by atoms with Gasteiger partial charge in [0.25, 0.3) is 0 Å². The number of carbonyl (C=O) groups excluding carboxylic acids is 3.